The van der Waals surface area contributed by atoms with Gasteiger partial charge in [0.2, 0.25) is 0 Å². The average Bonchev–Trinajstić information content (AvgIpc) is 2.93. The van der Waals surface area contributed by atoms with E-state index in [1.165, 1.54) is 0 Å². The Morgan fingerprint density at radius 3 is 1.53 bits per heavy atom. The predicted octanol–water partition coefficient (Wildman–Crippen LogP) is 7.93. The molecule has 164 valence electrons. The lowest BCUT2D eigenvalue weighted by Gasteiger charge is -2.18. The number of carbonyl (C=O) groups is 1. The second-order valence-electron chi connectivity index (χ2n) is 8.10. The van der Waals surface area contributed by atoms with Crippen LogP contribution in [0.4, 0.5) is 0 Å². The third-order valence-corrected chi connectivity index (χ3v) is 5.99. The molecule has 0 unspecified atom stereocenters. The molecule has 0 bridgehead atoms. The third kappa shape index (κ3) is 4.26. The van der Waals surface area contributed by atoms with E-state index in [0.717, 1.165) is 39.1 Å². The molecule has 5 rings (SSSR count). The van der Waals surface area contributed by atoms with E-state index in [-0.39, 0.29) is 5.78 Å². The van der Waals surface area contributed by atoms with E-state index in [1.807, 2.05) is 91.0 Å². The lowest BCUT2D eigenvalue weighted by molar-refractivity contribution is 0.104. The summed E-state index contributed by atoms with van der Waals surface area (Å²) in [5.74, 6) is 0.784. The molecule has 34 heavy (non-hydrogen) atoms. The Labute approximate surface area is 200 Å². The minimum Gasteiger partial charge on any atom is -0.497 e. The van der Waals surface area contributed by atoms with Crippen LogP contribution in [0.5, 0.6) is 5.75 Å². The molecule has 0 N–H and O–H groups in total. The van der Waals surface area contributed by atoms with Crippen molar-refractivity contribution < 1.29 is 9.53 Å². The molecule has 0 spiro atoms. The summed E-state index contributed by atoms with van der Waals surface area (Å²) < 4.78 is 5.37. The fraction of sp³-hybridized carbons (Fsp3) is 0.0312. The Kier molecular flexibility index (Phi) is 6.05. The highest BCUT2D eigenvalue weighted by molar-refractivity contribution is 6.17. The molecular weight excluding hydrogens is 416 g/mol. The molecule has 0 heterocycles. The summed E-state index contributed by atoms with van der Waals surface area (Å²) in [4.78, 5) is 14.0. The monoisotopic (exact) mass is 440 g/mol. The van der Waals surface area contributed by atoms with Crippen molar-refractivity contribution >= 4 is 5.78 Å². The molecule has 0 aliphatic heterocycles. The molecule has 0 radical (unpaired) electrons. The molecule has 0 aliphatic rings. The van der Waals surface area contributed by atoms with Crippen LogP contribution in [0.1, 0.15) is 15.9 Å². The quantitative estimate of drug-likeness (QED) is 0.251. The number of benzene rings is 5. The van der Waals surface area contributed by atoms with Gasteiger partial charge in [-0.25, -0.2) is 0 Å². The molecule has 0 aromatic heterocycles. The van der Waals surface area contributed by atoms with Crippen molar-refractivity contribution in [3.8, 4) is 39.1 Å². The van der Waals surface area contributed by atoms with Crippen molar-refractivity contribution in [2.45, 2.75) is 0 Å². The van der Waals surface area contributed by atoms with E-state index in [0.29, 0.717) is 11.1 Å². The van der Waals surface area contributed by atoms with Crippen molar-refractivity contribution in [2.24, 2.45) is 0 Å². The van der Waals surface area contributed by atoms with Gasteiger partial charge in [-0.2, -0.15) is 0 Å². The number of carbonyl (C=O) groups excluding carboxylic acids is 1. The first-order valence-electron chi connectivity index (χ1n) is 11.3. The summed E-state index contributed by atoms with van der Waals surface area (Å²) in [6.07, 6.45) is 0. The molecule has 0 aliphatic carbocycles. The molecule has 2 heteroatoms. The first-order chi connectivity index (χ1) is 16.7. The van der Waals surface area contributed by atoms with Crippen LogP contribution in [0.25, 0.3) is 33.4 Å². The second kappa shape index (κ2) is 9.60. The molecule has 0 amide bonds. The van der Waals surface area contributed by atoms with Crippen molar-refractivity contribution in [2.75, 3.05) is 7.11 Å². The zero-order valence-corrected chi connectivity index (χ0v) is 18.9. The lowest BCUT2D eigenvalue weighted by atomic mass is 9.84. The summed E-state index contributed by atoms with van der Waals surface area (Å²) in [7, 11) is 1.66. The highest BCUT2D eigenvalue weighted by Crippen LogP contribution is 2.39. The first kappa shape index (κ1) is 21.4. The fourth-order valence-corrected chi connectivity index (χ4v) is 4.26. The normalized spacial score (nSPS) is 10.6. The van der Waals surface area contributed by atoms with E-state index < -0.39 is 0 Å². The zero-order valence-electron chi connectivity index (χ0n) is 18.9. The standard InChI is InChI=1S/C32H24O2/c1-34-28-19-17-25(18-20-28)30-22-27(23-11-5-2-6-12-23)21-29(24-13-7-3-8-14-24)31(30)32(33)26-15-9-4-10-16-26/h2-22H,1H3. The van der Waals surface area contributed by atoms with Crippen LogP contribution in [0.2, 0.25) is 0 Å². The van der Waals surface area contributed by atoms with E-state index in [9.17, 15) is 4.79 Å². The molecule has 5 aromatic carbocycles. The number of rotatable bonds is 6. The summed E-state index contributed by atoms with van der Waals surface area (Å²) in [5, 5.41) is 0. The summed E-state index contributed by atoms with van der Waals surface area (Å²) in [6, 6.07) is 42.0. The Morgan fingerprint density at radius 2 is 1.00 bits per heavy atom. The SMILES string of the molecule is COc1ccc(-c2cc(-c3ccccc3)cc(-c3ccccc3)c2C(=O)c2ccccc2)cc1. The van der Waals surface area contributed by atoms with Crippen LogP contribution in [0, 0.1) is 0 Å². The van der Waals surface area contributed by atoms with Crippen LogP contribution in [0.15, 0.2) is 127 Å². The number of ether oxygens (including phenoxy) is 1. The van der Waals surface area contributed by atoms with E-state index in [1.54, 1.807) is 7.11 Å². The lowest BCUT2D eigenvalue weighted by Crippen LogP contribution is -2.07. The number of hydrogen-bond acceptors (Lipinski definition) is 2. The number of methoxy groups -OCH3 is 1. The second-order valence-corrected chi connectivity index (χ2v) is 8.10. The smallest absolute Gasteiger partial charge is 0.194 e. The minimum atomic E-state index is 0.00452. The molecule has 0 saturated heterocycles. The van der Waals surface area contributed by atoms with Gasteiger partial charge < -0.3 is 4.74 Å². The van der Waals surface area contributed by atoms with Crippen LogP contribution in [-0.2, 0) is 0 Å². The van der Waals surface area contributed by atoms with Gasteiger partial charge in [0, 0.05) is 11.1 Å². The van der Waals surface area contributed by atoms with Crippen molar-refractivity contribution in [3.63, 3.8) is 0 Å². The maximum absolute atomic E-state index is 14.0. The van der Waals surface area contributed by atoms with E-state index in [2.05, 4.69) is 36.4 Å². The summed E-state index contributed by atoms with van der Waals surface area (Å²) >= 11 is 0. The zero-order chi connectivity index (χ0) is 23.3. The largest absolute Gasteiger partial charge is 0.497 e. The Hall–Kier alpha value is -4.43. The predicted molar refractivity (Wildman–Crippen MR) is 139 cm³/mol. The van der Waals surface area contributed by atoms with Gasteiger partial charge in [-0.05, 0) is 57.6 Å². The van der Waals surface area contributed by atoms with Crippen molar-refractivity contribution in [3.05, 3.63) is 139 Å². The highest BCUT2D eigenvalue weighted by Gasteiger charge is 2.22. The Balaban J connectivity index is 1.83. The average molecular weight is 441 g/mol. The van der Waals surface area contributed by atoms with Gasteiger partial charge in [0.1, 0.15) is 5.75 Å². The molecule has 0 saturated carbocycles. The highest BCUT2D eigenvalue weighted by atomic mass is 16.5. The minimum absolute atomic E-state index is 0.00452. The van der Waals surface area contributed by atoms with Gasteiger partial charge in [0.05, 0.1) is 7.11 Å². The van der Waals surface area contributed by atoms with E-state index in [4.69, 9.17) is 4.74 Å². The number of ketones is 1. The molecule has 5 aromatic rings. The van der Waals surface area contributed by atoms with Gasteiger partial charge in [-0.3, -0.25) is 4.79 Å². The van der Waals surface area contributed by atoms with Gasteiger partial charge >= 0.3 is 0 Å². The molecule has 0 fully saturated rings. The molecular formula is C32H24O2. The van der Waals surface area contributed by atoms with Crippen LogP contribution in [0.3, 0.4) is 0 Å². The van der Waals surface area contributed by atoms with Crippen molar-refractivity contribution in [1.29, 1.82) is 0 Å². The van der Waals surface area contributed by atoms with Crippen LogP contribution in [-0.4, -0.2) is 12.9 Å². The maximum atomic E-state index is 14.0. The molecule has 0 atom stereocenters. The fourth-order valence-electron chi connectivity index (χ4n) is 4.26. The number of hydrogen-bond donors (Lipinski definition) is 0. The van der Waals surface area contributed by atoms with Gasteiger partial charge in [-0.15, -0.1) is 0 Å². The van der Waals surface area contributed by atoms with Crippen molar-refractivity contribution in [1.82, 2.24) is 0 Å². The topological polar surface area (TPSA) is 26.3 Å². The van der Waals surface area contributed by atoms with Crippen LogP contribution < -0.4 is 4.74 Å². The molecule has 2 nitrogen and oxygen atoms in total. The van der Waals surface area contributed by atoms with Gasteiger partial charge in [0.25, 0.3) is 0 Å². The first-order valence-corrected chi connectivity index (χ1v) is 11.3. The summed E-state index contributed by atoms with van der Waals surface area (Å²) in [5.41, 5.74) is 7.33. The summed E-state index contributed by atoms with van der Waals surface area (Å²) in [6.45, 7) is 0. The maximum Gasteiger partial charge on any atom is 0.194 e. The van der Waals surface area contributed by atoms with Gasteiger partial charge in [0.15, 0.2) is 5.78 Å². The van der Waals surface area contributed by atoms with E-state index >= 15 is 0 Å². The Bertz CT molecular complexity index is 1410. The Morgan fingerprint density at radius 1 is 0.529 bits per heavy atom. The van der Waals surface area contributed by atoms with Crippen LogP contribution >= 0.6 is 0 Å². The third-order valence-electron chi connectivity index (χ3n) is 5.99. The van der Waals surface area contributed by atoms with Gasteiger partial charge in [-0.1, -0.05) is 103 Å².